The van der Waals surface area contributed by atoms with Crippen LogP contribution in [-0.2, 0) is 0 Å². The van der Waals surface area contributed by atoms with Gasteiger partial charge < -0.3 is 9.93 Å². The molecule has 0 radical (unpaired) electrons. The summed E-state index contributed by atoms with van der Waals surface area (Å²) in [6.07, 6.45) is 0.998. The number of hydrogen-bond acceptors (Lipinski definition) is 5. The van der Waals surface area contributed by atoms with E-state index in [1.54, 1.807) is 18.2 Å². The molecule has 0 saturated heterocycles. The van der Waals surface area contributed by atoms with Crippen molar-refractivity contribution in [3.63, 3.8) is 0 Å². The second-order valence-electron chi connectivity index (χ2n) is 2.45. The first-order valence-corrected chi connectivity index (χ1v) is 4.14. The lowest BCUT2D eigenvalue weighted by Crippen LogP contribution is -1.85. The average Bonchev–Trinajstić information content (AvgIpc) is 2.66. The molecule has 0 aromatic carbocycles. The summed E-state index contributed by atoms with van der Waals surface area (Å²) in [5, 5.41) is 10.8. The van der Waals surface area contributed by atoms with Crippen LogP contribution in [0.25, 0.3) is 11.6 Å². The van der Waals surface area contributed by atoms with E-state index in [9.17, 15) is 0 Å². The quantitative estimate of drug-likeness (QED) is 0.603. The highest BCUT2D eigenvalue weighted by Crippen LogP contribution is 2.16. The molecular formula is C8H5ClN4O. The maximum Gasteiger partial charge on any atom is 0.276 e. The van der Waals surface area contributed by atoms with Gasteiger partial charge in [0, 0.05) is 0 Å². The van der Waals surface area contributed by atoms with E-state index in [0.29, 0.717) is 10.8 Å². The molecule has 0 saturated carbocycles. The van der Waals surface area contributed by atoms with Gasteiger partial charge in [-0.1, -0.05) is 22.8 Å². The minimum atomic E-state index is 0.210. The lowest BCUT2D eigenvalue weighted by molar-refractivity contribution is 0.428. The van der Waals surface area contributed by atoms with Crippen LogP contribution in [0.15, 0.2) is 22.7 Å². The third-order valence-corrected chi connectivity index (χ3v) is 1.72. The standard InChI is InChI=1S/C8H5ClN4O/c9-6-3-1-2-5(11-6)8-12-7(4-10)13-14-8/h1-4,10H. The second kappa shape index (κ2) is 3.55. The van der Waals surface area contributed by atoms with Gasteiger partial charge in [-0.3, -0.25) is 0 Å². The molecule has 5 nitrogen and oxygen atoms in total. The molecule has 6 heteroatoms. The van der Waals surface area contributed by atoms with Gasteiger partial charge in [0.05, 0.1) is 6.21 Å². The second-order valence-corrected chi connectivity index (χ2v) is 2.83. The number of halogens is 1. The Morgan fingerprint density at radius 2 is 2.21 bits per heavy atom. The molecule has 0 aliphatic carbocycles. The molecule has 1 N–H and O–H groups in total. The van der Waals surface area contributed by atoms with Crippen molar-refractivity contribution in [2.24, 2.45) is 0 Å². The molecule has 2 aromatic rings. The highest BCUT2D eigenvalue weighted by atomic mass is 35.5. The zero-order valence-electron chi connectivity index (χ0n) is 6.94. The van der Waals surface area contributed by atoms with E-state index in [1.807, 2.05) is 0 Å². The number of aromatic nitrogens is 3. The lowest BCUT2D eigenvalue weighted by Gasteiger charge is -1.92. The predicted octanol–water partition coefficient (Wildman–Crippen LogP) is 1.78. The van der Waals surface area contributed by atoms with Crippen LogP contribution in [0.4, 0.5) is 0 Å². The SMILES string of the molecule is N=Cc1noc(-c2cccc(Cl)n2)n1. The summed E-state index contributed by atoms with van der Waals surface area (Å²) in [6, 6.07) is 5.09. The third-order valence-electron chi connectivity index (χ3n) is 1.51. The Kier molecular flexibility index (Phi) is 2.24. The normalized spacial score (nSPS) is 10.1. The van der Waals surface area contributed by atoms with Gasteiger partial charge >= 0.3 is 0 Å². The van der Waals surface area contributed by atoms with Crippen molar-refractivity contribution in [2.75, 3.05) is 0 Å². The number of nitrogens with zero attached hydrogens (tertiary/aromatic N) is 3. The summed E-state index contributed by atoms with van der Waals surface area (Å²) in [5.74, 6) is 0.466. The van der Waals surface area contributed by atoms with Gasteiger partial charge in [0.1, 0.15) is 10.8 Å². The zero-order chi connectivity index (χ0) is 9.97. The first kappa shape index (κ1) is 8.83. The van der Waals surface area contributed by atoms with E-state index in [-0.39, 0.29) is 11.7 Å². The highest BCUT2D eigenvalue weighted by Gasteiger charge is 2.08. The molecule has 2 rings (SSSR count). The maximum atomic E-state index is 6.91. The fraction of sp³-hybridized carbons (Fsp3) is 0. The van der Waals surface area contributed by atoms with E-state index >= 15 is 0 Å². The largest absolute Gasteiger partial charge is 0.332 e. The van der Waals surface area contributed by atoms with Gasteiger partial charge in [0.25, 0.3) is 5.89 Å². The minimum Gasteiger partial charge on any atom is -0.332 e. The Labute approximate surface area is 84.2 Å². The number of nitrogens with one attached hydrogen (secondary N) is 1. The van der Waals surface area contributed by atoms with E-state index in [0.717, 1.165) is 6.21 Å². The summed E-state index contributed by atoms with van der Waals surface area (Å²) < 4.78 is 4.86. The Balaban J connectivity index is 2.43. The fourth-order valence-corrected chi connectivity index (χ4v) is 1.09. The molecule has 70 valence electrons. The third kappa shape index (κ3) is 1.62. The Hall–Kier alpha value is -1.75. The summed E-state index contributed by atoms with van der Waals surface area (Å²) in [4.78, 5) is 7.88. The summed E-state index contributed by atoms with van der Waals surface area (Å²) >= 11 is 5.69. The van der Waals surface area contributed by atoms with E-state index in [4.69, 9.17) is 21.5 Å². The molecular weight excluding hydrogens is 204 g/mol. The van der Waals surface area contributed by atoms with Crippen LogP contribution in [0.3, 0.4) is 0 Å². The topological polar surface area (TPSA) is 75.7 Å². The van der Waals surface area contributed by atoms with Crippen LogP contribution in [0.2, 0.25) is 5.15 Å². The van der Waals surface area contributed by atoms with E-state index in [2.05, 4.69) is 15.1 Å². The van der Waals surface area contributed by atoms with Crippen LogP contribution >= 0.6 is 11.6 Å². The summed E-state index contributed by atoms with van der Waals surface area (Å²) in [7, 11) is 0. The molecule has 2 aromatic heterocycles. The Morgan fingerprint density at radius 3 is 2.86 bits per heavy atom. The van der Waals surface area contributed by atoms with Crippen molar-refractivity contribution in [1.29, 1.82) is 5.41 Å². The maximum absolute atomic E-state index is 6.91. The fourth-order valence-electron chi connectivity index (χ4n) is 0.925. The first-order chi connectivity index (χ1) is 6.79. The molecule has 0 spiro atoms. The van der Waals surface area contributed by atoms with Crippen molar-refractivity contribution in [1.82, 2.24) is 15.1 Å². The number of hydrogen-bond donors (Lipinski definition) is 1. The van der Waals surface area contributed by atoms with Crippen LogP contribution in [0.1, 0.15) is 5.82 Å². The van der Waals surface area contributed by atoms with Crippen molar-refractivity contribution >= 4 is 17.8 Å². The van der Waals surface area contributed by atoms with Crippen molar-refractivity contribution in [2.45, 2.75) is 0 Å². The van der Waals surface area contributed by atoms with Crippen LogP contribution in [-0.4, -0.2) is 21.3 Å². The van der Waals surface area contributed by atoms with Gasteiger partial charge in [-0.05, 0) is 12.1 Å². The number of pyridine rings is 1. The molecule has 0 bridgehead atoms. The van der Waals surface area contributed by atoms with Crippen molar-refractivity contribution < 1.29 is 4.52 Å². The van der Waals surface area contributed by atoms with Crippen LogP contribution < -0.4 is 0 Å². The summed E-state index contributed by atoms with van der Waals surface area (Å²) in [6.45, 7) is 0. The van der Waals surface area contributed by atoms with Gasteiger partial charge in [-0.25, -0.2) is 4.98 Å². The minimum absolute atomic E-state index is 0.210. The molecule has 14 heavy (non-hydrogen) atoms. The van der Waals surface area contributed by atoms with Crippen molar-refractivity contribution in [3.05, 3.63) is 29.2 Å². The van der Waals surface area contributed by atoms with Gasteiger partial charge in [-0.2, -0.15) is 4.98 Å². The lowest BCUT2D eigenvalue weighted by atomic mass is 10.3. The molecule has 0 aliphatic heterocycles. The van der Waals surface area contributed by atoms with Gasteiger partial charge in [0.2, 0.25) is 5.82 Å². The highest BCUT2D eigenvalue weighted by molar-refractivity contribution is 6.29. The van der Waals surface area contributed by atoms with Gasteiger partial charge in [0.15, 0.2) is 0 Å². The molecule has 0 aliphatic rings. The van der Waals surface area contributed by atoms with Crippen LogP contribution in [0.5, 0.6) is 0 Å². The Bertz CT molecular complexity index is 468. The Morgan fingerprint density at radius 1 is 1.36 bits per heavy atom. The summed E-state index contributed by atoms with van der Waals surface area (Å²) in [5.41, 5.74) is 0.498. The molecule has 0 amide bonds. The number of rotatable bonds is 2. The van der Waals surface area contributed by atoms with E-state index in [1.165, 1.54) is 0 Å². The molecule has 0 unspecified atom stereocenters. The first-order valence-electron chi connectivity index (χ1n) is 3.77. The monoisotopic (exact) mass is 208 g/mol. The molecule has 2 heterocycles. The molecule has 0 atom stereocenters. The molecule has 0 fully saturated rings. The van der Waals surface area contributed by atoms with Crippen molar-refractivity contribution in [3.8, 4) is 11.6 Å². The average molecular weight is 209 g/mol. The van der Waals surface area contributed by atoms with Crippen LogP contribution in [0, 0.1) is 5.41 Å². The predicted molar refractivity (Wildman–Crippen MR) is 50.4 cm³/mol. The van der Waals surface area contributed by atoms with E-state index < -0.39 is 0 Å². The van der Waals surface area contributed by atoms with Gasteiger partial charge in [-0.15, -0.1) is 0 Å². The smallest absolute Gasteiger partial charge is 0.276 e. The zero-order valence-corrected chi connectivity index (χ0v) is 7.69.